The van der Waals surface area contributed by atoms with Crippen LogP contribution < -0.4 is 0 Å². The van der Waals surface area contributed by atoms with Gasteiger partial charge in [0.1, 0.15) is 0 Å². The van der Waals surface area contributed by atoms with Gasteiger partial charge in [-0.05, 0) is 24.0 Å². The van der Waals surface area contributed by atoms with Crippen molar-refractivity contribution in [2.24, 2.45) is 11.8 Å². The van der Waals surface area contributed by atoms with Crippen LogP contribution in [0.4, 0.5) is 0 Å². The third-order valence-electron chi connectivity index (χ3n) is 3.33. The normalized spacial score (nSPS) is 28.1. The monoisotopic (exact) mass is 221 g/mol. The van der Waals surface area contributed by atoms with Crippen LogP contribution in [0.1, 0.15) is 12.0 Å². The van der Waals surface area contributed by atoms with E-state index >= 15 is 0 Å². The molecule has 2 unspecified atom stereocenters. The minimum atomic E-state index is 0.319. The molecule has 1 saturated carbocycles. The Bertz CT molecular complexity index is 418. The highest BCUT2D eigenvalue weighted by atomic mass is 35.5. The van der Waals surface area contributed by atoms with Gasteiger partial charge in [0.05, 0.1) is 0 Å². The number of likely N-dealkylation sites (tertiary alicyclic amines) is 1. The lowest BCUT2D eigenvalue weighted by Gasteiger charge is -2.18. The van der Waals surface area contributed by atoms with Crippen LogP contribution in [0.25, 0.3) is 0 Å². The van der Waals surface area contributed by atoms with E-state index in [1.165, 1.54) is 0 Å². The number of carbonyl (C=O) groups is 1. The molecule has 1 aromatic rings. The van der Waals surface area contributed by atoms with Crippen LogP contribution >= 0.6 is 11.6 Å². The van der Waals surface area contributed by atoms with Crippen molar-refractivity contribution in [2.45, 2.75) is 13.0 Å². The Morgan fingerprint density at radius 3 is 2.87 bits per heavy atom. The second-order valence-corrected chi connectivity index (χ2v) is 4.82. The van der Waals surface area contributed by atoms with Gasteiger partial charge in [0, 0.05) is 24.0 Å². The number of piperidine rings is 1. The number of rotatable bonds is 2. The van der Waals surface area contributed by atoms with Crippen molar-refractivity contribution in [2.75, 3.05) is 6.54 Å². The van der Waals surface area contributed by atoms with Gasteiger partial charge < -0.3 is 4.90 Å². The van der Waals surface area contributed by atoms with E-state index in [1.54, 1.807) is 0 Å². The van der Waals surface area contributed by atoms with E-state index in [9.17, 15) is 4.79 Å². The largest absolute Gasteiger partial charge is 0.338 e. The molecule has 0 N–H and O–H groups in total. The number of nitrogens with zero attached hydrogens (tertiary/aromatic N) is 1. The molecule has 1 aromatic carbocycles. The lowest BCUT2D eigenvalue weighted by atomic mass is 10.2. The molecule has 0 aromatic heterocycles. The molecular formula is C12H12ClNO. The van der Waals surface area contributed by atoms with Crippen molar-refractivity contribution >= 4 is 17.5 Å². The number of fused-ring (bicyclic) bond motifs is 1. The van der Waals surface area contributed by atoms with E-state index < -0.39 is 0 Å². The van der Waals surface area contributed by atoms with Crippen LogP contribution in [0.15, 0.2) is 24.3 Å². The Hall–Kier alpha value is -1.02. The highest BCUT2D eigenvalue weighted by molar-refractivity contribution is 6.31. The van der Waals surface area contributed by atoms with Crippen molar-refractivity contribution in [3.8, 4) is 0 Å². The number of hydrogen-bond donors (Lipinski definition) is 0. The predicted octanol–water partition coefficient (Wildman–Crippen LogP) is 2.32. The van der Waals surface area contributed by atoms with Crippen molar-refractivity contribution in [3.63, 3.8) is 0 Å². The molecule has 1 aliphatic heterocycles. The van der Waals surface area contributed by atoms with Crippen molar-refractivity contribution < 1.29 is 4.79 Å². The van der Waals surface area contributed by atoms with Crippen molar-refractivity contribution in [1.82, 2.24) is 4.90 Å². The molecule has 0 bridgehead atoms. The maximum atomic E-state index is 11.7. The summed E-state index contributed by atoms with van der Waals surface area (Å²) in [4.78, 5) is 13.7. The zero-order valence-corrected chi connectivity index (χ0v) is 9.07. The molecule has 2 atom stereocenters. The van der Waals surface area contributed by atoms with E-state index in [0.29, 0.717) is 24.3 Å². The maximum Gasteiger partial charge on any atom is 0.226 e. The third kappa shape index (κ3) is 1.53. The summed E-state index contributed by atoms with van der Waals surface area (Å²) in [6.07, 6.45) is 1.11. The Morgan fingerprint density at radius 2 is 2.20 bits per heavy atom. The third-order valence-corrected chi connectivity index (χ3v) is 3.69. The summed E-state index contributed by atoms with van der Waals surface area (Å²) in [7, 11) is 0. The average Bonchev–Trinajstić information content (AvgIpc) is 2.92. The Morgan fingerprint density at radius 1 is 1.40 bits per heavy atom. The zero-order chi connectivity index (χ0) is 10.4. The molecule has 1 saturated heterocycles. The van der Waals surface area contributed by atoms with Crippen molar-refractivity contribution in [1.29, 1.82) is 0 Å². The summed E-state index contributed by atoms with van der Waals surface area (Å²) in [6, 6.07) is 7.73. The summed E-state index contributed by atoms with van der Waals surface area (Å²) in [6.45, 7) is 1.60. The van der Waals surface area contributed by atoms with Crippen LogP contribution in [0.5, 0.6) is 0 Å². The quantitative estimate of drug-likeness (QED) is 0.751. The SMILES string of the molecule is O=C1C2CC2CN1Cc1ccccc1Cl. The van der Waals surface area contributed by atoms with E-state index in [-0.39, 0.29) is 0 Å². The lowest BCUT2D eigenvalue weighted by molar-refractivity contribution is -0.130. The molecule has 1 aliphatic carbocycles. The van der Waals surface area contributed by atoms with Gasteiger partial charge in [-0.3, -0.25) is 4.79 Å². The van der Waals surface area contributed by atoms with Crippen molar-refractivity contribution in [3.05, 3.63) is 34.9 Å². The minimum absolute atomic E-state index is 0.319. The van der Waals surface area contributed by atoms with E-state index in [4.69, 9.17) is 11.6 Å². The number of benzene rings is 1. The first-order chi connectivity index (χ1) is 7.25. The number of amides is 1. The smallest absolute Gasteiger partial charge is 0.226 e. The van der Waals surface area contributed by atoms with Crippen LogP contribution in [-0.4, -0.2) is 17.4 Å². The van der Waals surface area contributed by atoms with Crippen LogP contribution in [0, 0.1) is 11.8 Å². The molecule has 0 spiro atoms. The van der Waals surface area contributed by atoms with Crippen LogP contribution in [0.3, 0.4) is 0 Å². The van der Waals surface area contributed by atoms with E-state index in [1.807, 2.05) is 29.2 Å². The minimum Gasteiger partial charge on any atom is -0.338 e. The molecule has 15 heavy (non-hydrogen) atoms. The fraction of sp³-hybridized carbons (Fsp3) is 0.417. The van der Waals surface area contributed by atoms with E-state index in [0.717, 1.165) is 23.6 Å². The van der Waals surface area contributed by atoms with Gasteiger partial charge in [-0.2, -0.15) is 0 Å². The Balaban J connectivity index is 1.76. The molecule has 0 radical (unpaired) electrons. The topological polar surface area (TPSA) is 20.3 Å². The summed E-state index contributed by atoms with van der Waals surface area (Å²) in [5.74, 6) is 1.30. The second-order valence-electron chi connectivity index (χ2n) is 4.41. The molecule has 2 aliphatic rings. The van der Waals surface area contributed by atoms with E-state index in [2.05, 4.69) is 0 Å². The Kier molecular flexibility index (Phi) is 1.99. The van der Waals surface area contributed by atoms with Gasteiger partial charge in [0.2, 0.25) is 5.91 Å². The molecular weight excluding hydrogens is 210 g/mol. The summed E-state index contributed by atoms with van der Waals surface area (Å²) >= 11 is 6.06. The summed E-state index contributed by atoms with van der Waals surface area (Å²) in [5.41, 5.74) is 1.05. The number of hydrogen-bond acceptors (Lipinski definition) is 1. The molecule has 3 heteroatoms. The first-order valence-electron chi connectivity index (χ1n) is 5.28. The average molecular weight is 222 g/mol. The van der Waals surface area contributed by atoms with Gasteiger partial charge in [-0.1, -0.05) is 29.8 Å². The lowest BCUT2D eigenvalue weighted by Crippen LogP contribution is -2.27. The van der Waals surface area contributed by atoms with Crippen LogP contribution in [-0.2, 0) is 11.3 Å². The number of halogens is 1. The number of carbonyl (C=O) groups excluding carboxylic acids is 1. The van der Waals surface area contributed by atoms with Gasteiger partial charge in [-0.15, -0.1) is 0 Å². The Labute approximate surface area is 93.8 Å². The fourth-order valence-corrected chi connectivity index (χ4v) is 2.53. The highest BCUT2D eigenvalue weighted by Gasteiger charge is 2.51. The zero-order valence-electron chi connectivity index (χ0n) is 8.32. The van der Waals surface area contributed by atoms with Gasteiger partial charge in [0.25, 0.3) is 0 Å². The molecule has 3 rings (SSSR count). The van der Waals surface area contributed by atoms with Crippen LogP contribution in [0.2, 0.25) is 5.02 Å². The second kappa shape index (κ2) is 3.24. The predicted molar refractivity (Wildman–Crippen MR) is 58.5 cm³/mol. The molecule has 2 nitrogen and oxygen atoms in total. The first kappa shape index (κ1) is 9.22. The summed E-state index contributed by atoms with van der Waals surface area (Å²) < 4.78 is 0. The van der Waals surface area contributed by atoms with Gasteiger partial charge in [0.15, 0.2) is 0 Å². The first-order valence-corrected chi connectivity index (χ1v) is 5.65. The fourth-order valence-electron chi connectivity index (χ4n) is 2.33. The summed E-state index contributed by atoms with van der Waals surface area (Å²) in [5, 5.41) is 0.755. The van der Waals surface area contributed by atoms with Gasteiger partial charge >= 0.3 is 0 Å². The maximum absolute atomic E-state index is 11.7. The highest BCUT2D eigenvalue weighted by Crippen LogP contribution is 2.46. The van der Waals surface area contributed by atoms with Gasteiger partial charge in [-0.25, -0.2) is 0 Å². The molecule has 1 amide bonds. The molecule has 2 fully saturated rings. The molecule has 78 valence electrons. The standard InChI is InChI=1S/C12H12ClNO/c13-11-4-2-1-3-8(11)6-14-7-9-5-10(9)12(14)15/h1-4,9-10H,5-7H2. The molecule has 1 heterocycles.